The largest absolute Gasteiger partial charge is 0.459 e. The van der Waals surface area contributed by atoms with Gasteiger partial charge < -0.3 is 20.0 Å². The second kappa shape index (κ2) is 7.74. The molecule has 1 fully saturated rings. The molecule has 0 bridgehead atoms. The molecule has 2 aromatic rings. The molecule has 26 heavy (non-hydrogen) atoms. The fourth-order valence-electron chi connectivity index (χ4n) is 3.23. The summed E-state index contributed by atoms with van der Waals surface area (Å²) < 4.78 is 5.18. The Bertz CT molecular complexity index is 764. The van der Waals surface area contributed by atoms with E-state index in [1.54, 1.807) is 37.4 Å². The van der Waals surface area contributed by atoms with Crippen molar-refractivity contribution in [1.29, 1.82) is 0 Å². The number of nitrogens with one attached hydrogen (secondary N) is 2. The minimum absolute atomic E-state index is 0.103. The third kappa shape index (κ3) is 3.96. The average molecular weight is 355 g/mol. The SMILES string of the molecule is CN(C(=O)c1ccco1)c1ccccc1C(=O)NCC1(C)CCNCC1. The Labute approximate surface area is 153 Å². The normalized spacial score (nSPS) is 16.1. The molecule has 2 N–H and O–H groups in total. The van der Waals surface area contributed by atoms with Crippen LogP contribution in [0.15, 0.2) is 47.1 Å². The third-order valence-electron chi connectivity index (χ3n) is 5.03. The summed E-state index contributed by atoms with van der Waals surface area (Å²) in [6, 6.07) is 10.4. The predicted molar refractivity (Wildman–Crippen MR) is 100 cm³/mol. The molecule has 1 aromatic carbocycles. The second-order valence-corrected chi connectivity index (χ2v) is 7.10. The van der Waals surface area contributed by atoms with E-state index >= 15 is 0 Å². The zero-order valence-corrected chi connectivity index (χ0v) is 15.2. The van der Waals surface area contributed by atoms with Crippen LogP contribution in [0.5, 0.6) is 0 Å². The smallest absolute Gasteiger partial charge is 0.293 e. The van der Waals surface area contributed by atoms with Crippen LogP contribution in [0.3, 0.4) is 0 Å². The topological polar surface area (TPSA) is 74.6 Å². The molecule has 0 atom stereocenters. The highest BCUT2D eigenvalue weighted by Gasteiger charge is 2.28. The van der Waals surface area contributed by atoms with E-state index in [4.69, 9.17) is 4.42 Å². The molecule has 6 nitrogen and oxygen atoms in total. The first-order chi connectivity index (χ1) is 12.5. The van der Waals surface area contributed by atoms with Crippen molar-refractivity contribution in [3.05, 3.63) is 54.0 Å². The number of benzene rings is 1. The first-order valence-corrected chi connectivity index (χ1v) is 8.90. The Kier molecular flexibility index (Phi) is 5.42. The molecule has 3 rings (SSSR count). The Morgan fingerprint density at radius 1 is 1.19 bits per heavy atom. The number of carbonyl (C=O) groups is 2. The highest BCUT2D eigenvalue weighted by atomic mass is 16.3. The highest BCUT2D eigenvalue weighted by Crippen LogP contribution is 2.27. The van der Waals surface area contributed by atoms with E-state index in [0.29, 0.717) is 17.8 Å². The number of hydrogen-bond donors (Lipinski definition) is 2. The third-order valence-corrected chi connectivity index (χ3v) is 5.03. The zero-order chi connectivity index (χ0) is 18.6. The van der Waals surface area contributed by atoms with Crippen molar-refractivity contribution in [1.82, 2.24) is 10.6 Å². The molecule has 2 heterocycles. The van der Waals surface area contributed by atoms with Crippen LogP contribution in [0.25, 0.3) is 0 Å². The van der Waals surface area contributed by atoms with Gasteiger partial charge >= 0.3 is 0 Å². The van der Waals surface area contributed by atoms with E-state index in [9.17, 15) is 9.59 Å². The molecule has 0 aliphatic carbocycles. The summed E-state index contributed by atoms with van der Waals surface area (Å²) in [6.07, 6.45) is 3.52. The molecular weight excluding hydrogens is 330 g/mol. The number of furan rings is 1. The summed E-state index contributed by atoms with van der Waals surface area (Å²) in [5, 5.41) is 6.39. The first-order valence-electron chi connectivity index (χ1n) is 8.90. The Balaban J connectivity index is 1.73. The number of para-hydroxylation sites is 1. The number of carbonyl (C=O) groups excluding carboxylic acids is 2. The number of anilines is 1. The fraction of sp³-hybridized carbons (Fsp3) is 0.400. The Morgan fingerprint density at radius 3 is 2.62 bits per heavy atom. The molecule has 1 aliphatic rings. The number of piperidine rings is 1. The van der Waals surface area contributed by atoms with Crippen LogP contribution in [0.2, 0.25) is 0 Å². The minimum atomic E-state index is -0.291. The maximum atomic E-state index is 12.8. The van der Waals surface area contributed by atoms with Gasteiger partial charge in [-0.15, -0.1) is 0 Å². The fourth-order valence-corrected chi connectivity index (χ4v) is 3.23. The van der Waals surface area contributed by atoms with Gasteiger partial charge in [0.2, 0.25) is 0 Å². The van der Waals surface area contributed by atoms with E-state index in [1.807, 2.05) is 6.07 Å². The van der Waals surface area contributed by atoms with Crippen molar-refractivity contribution in [2.45, 2.75) is 19.8 Å². The van der Waals surface area contributed by atoms with E-state index < -0.39 is 0 Å². The molecule has 0 saturated carbocycles. The molecular formula is C20H25N3O3. The molecule has 0 unspecified atom stereocenters. The summed E-state index contributed by atoms with van der Waals surface area (Å²) in [4.78, 5) is 26.8. The summed E-state index contributed by atoms with van der Waals surface area (Å²) in [5.74, 6) is -0.218. The summed E-state index contributed by atoms with van der Waals surface area (Å²) in [6.45, 7) is 4.77. The maximum absolute atomic E-state index is 12.8. The van der Waals surface area contributed by atoms with Gasteiger partial charge in [0.1, 0.15) is 0 Å². The number of amides is 2. The first kappa shape index (κ1) is 18.2. The number of nitrogens with zero attached hydrogens (tertiary/aromatic N) is 1. The van der Waals surface area contributed by atoms with E-state index in [2.05, 4.69) is 17.6 Å². The Morgan fingerprint density at radius 2 is 1.92 bits per heavy atom. The van der Waals surface area contributed by atoms with Crippen molar-refractivity contribution < 1.29 is 14.0 Å². The van der Waals surface area contributed by atoms with Gasteiger partial charge in [0, 0.05) is 13.6 Å². The molecule has 6 heteroatoms. The molecule has 138 valence electrons. The quantitative estimate of drug-likeness (QED) is 0.865. The van der Waals surface area contributed by atoms with Crippen LogP contribution in [0.4, 0.5) is 5.69 Å². The van der Waals surface area contributed by atoms with Gasteiger partial charge in [-0.25, -0.2) is 0 Å². The van der Waals surface area contributed by atoms with Gasteiger partial charge in [-0.1, -0.05) is 19.1 Å². The predicted octanol–water partition coefficient (Wildman–Crippen LogP) is 2.68. The Hall–Kier alpha value is -2.60. The molecule has 1 aliphatic heterocycles. The van der Waals surface area contributed by atoms with Crippen LogP contribution in [0, 0.1) is 5.41 Å². The van der Waals surface area contributed by atoms with Gasteiger partial charge in [-0.05, 0) is 55.6 Å². The molecule has 0 spiro atoms. The van der Waals surface area contributed by atoms with E-state index in [-0.39, 0.29) is 23.0 Å². The van der Waals surface area contributed by atoms with Gasteiger partial charge in [-0.3, -0.25) is 9.59 Å². The van der Waals surface area contributed by atoms with Crippen LogP contribution in [0.1, 0.15) is 40.7 Å². The van der Waals surface area contributed by atoms with Gasteiger partial charge in [0.25, 0.3) is 11.8 Å². The van der Waals surface area contributed by atoms with Crippen molar-refractivity contribution in [3.63, 3.8) is 0 Å². The van der Waals surface area contributed by atoms with Crippen LogP contribution >= 0.6 is 0 Å². The lowest BCUT2D eigenvalue weighted by molar-refractivity contribution is 0.0922. The lowest BCUT2D eigenvalue weighted by Gasteiger charge is -2.34. The zero-order valence-electron chi connectivity index (χ0n) is 15.2. The van der Waals surface area contributed by atoms with Crippen molar-refractivity contribution in [3.8, 4) is 0 Å². The van der Waals surface area contributed by atoms with Crippen molar-refractivity contribution in [2.24, 2.45) is 5.41 Å². The standard InChI is InChI=1S/C20H25N3O3/c1-20(9-11-21-12-10-20)14-22-18(24)15-6-3-4-7-16(15)23(2)19(25)17-8-5-13-26-17/h3-8,13,21H,9-12,14H2,1-2H3,(H,22,24). The summed E-state index contributed by atoms with van der Waals surface area (Å²) >= 11 is 0. The number of rotatable bonds is 5. The molecule has 0 radical (unpaired) electrons. The van der Waals surface area contributed by atoms with Gasteiger partial charge in [0.05, 0.1) is 17.5 Å². The maximum Gasteiger partial charge on any atom is 0.293 e. The summed E-state index contributed by atoms with van der Waals surface area (Å²) in [5.41, 5.74) is 1.14. The monoisotopic (exact) mass is 355 g/mol. The van der Waals surface area contributed by atoms with Gasteiger partial charge in [-0.2, -0.15) is 0 Å². The number of hydrogen-bond acceptors (Lipinski definition) is 4. The average Bonchev–Trinajstić information content (AvgIpc) is 3.20. The van der Waals surface area contributed by atoms with Crippen LogP contribution in [-0.2, 0) is 0 Å². The van der Waals surface area contributed by atoms with Crippen molar-refractivity contribution in [2.75, 3.05) is 31.6 Å². The second-order valence-electron chi connectivity index (χ2n) is 7.10. The summed E-state index contributed by atoms with van der Waals surface area (Å²) in [7, 11) is 1.64. The van der Waals surface area contributed by atoms with Crippen LogP contribution < -0.4 is 15.5 Å². The lowest BCUT2D eigenvalue weighted by Crippen LogP contribution is -2.43. The molecule has 1 saturated heterocycles. The highest BCUT2D eigenvalue weighted by molar-refractivity contribution is 6.09. The van der Waals surface area contributed by atoms with E-state index in [1.165, 1.54) is 11.2 Å². The van der Waals surface area contributed by atoms with Gasteiger partial charge in [0.15, 0.2) is 5.76 Å². The molecule has 1 aromatic heterocycles. The lowest BCUT2D eigenvalue weighted by atomic mass is 9.81. The van der Waals surface area contributed by atoms with Crippen molar-refractivity contribution >= 4 is 17.5 Å². The van der Waals surface area contributed by atoms with E-state index in [0.717, 1.165) is 25.9 Å². The van der Waals surface area contributed by atoms with Crippen LogP contribution in [-0.4, -0.2) is 38.5 Å². The minimum Gasteiger partial charge on any atom is -0.459 e. The molecule has 2 amide bonds.